The van der Waals surface area contributed by atoms with E-state index in [0.29, 0.717) is 23.8 Å². The standard InChI is InChI=1S/C17H19FN2O3/c1-11(19-17(21)9-14-6-7-23-20-14)13-4-5-16(15(18)8-13)22-10-12-2-3-12/h4-8,11-12H,2-3,9-10H2,1H3,(H,19,21)/t11-/m1/s1. The number of carbonyl (C=O) groups is 1. The summed E-state index contributed by atoms with van der Waals surface area (Å²) < 4.78 is 24.2. The zero-order valence-electron chi connectivity index (χ0n) is 12.9. The van der Waals surface area contributed by atoms with Gasteiger partial charge >= 0.3 is 0 Å². The second-order valence-corrected chi connectivity index (χ2v) is 5.90. The number of rotatable bonds is 7. The van der Waals surface area contributed by atoms with Crippen LogP contribution in [0.15, 0.2) is 35.1 Å². The van der Waals surface area contributed by atoms with E-state index < -0.39 is 5.82 Å². The first kappa shape index (κ1) is 15.5. The van der Waals surface area contributed by atoms with Crippen molar-refractivity contribution in [3.8, 4) is 5.75 Å². The smallest absolute Gasteiger partial charge is 0.226 e. The van der Waals surface area contributed by atoms with E-state index in [4.69, 9.17) is 4.74 Å². The summed E-state index contributed by atoms with van der Waals surface area (Å²) in [5, 5.41) is 6.50. The first-order chi connectivity index (χ1) is 11.1. The molecule has 6 heteroatoms. The molecule has 0 aliphatic heterocycles. The van der Waals surface area contributed by atoms with Gasteiger partial charge in [-0.05, 0) is 43.4 Å². The van der Waals surface area contributed by atoms with Gasteiger partial charge in [-0.1, -0.05) is 11.2 Å². The highest BCUT2D eigenvalue weighted by Gasteiger charge is 2.22. The van der Waals surface area contributed by atoms with E-state index in [9.17, 15) is 9.18 Å². The van der Waals surface area contributed by atoms with Gasteiger partial charge in [-0.3, -0.25) is 4.79 Å². The Kier molecular flexibility index (Phi) is 4.60. The van der Waals surface area contributed by atoms with Gasteiger partial charge in [-0.15, -0.1) is 0 Å². The van der Waals surface area contributed by atoms with Crippen LogP contribution in [0.25, 0.3) is 0 Å². The molecule has 1 aromatic carbocycles. The summed E-state index contributed by atoms with van der Waals surface area (Å²) in [5.41, 5.74) is 1.25. The average Bonchev–Trinajstić information content (AvgIpc) is 3.21. The van der Waals surface area contributed by atoms with Gasteiger partial charge in [0, 0.05) is 6.07 Å². The van der Waals surface area contributed by atoms with Gasteiger partial charge in [0.05, 0.1) is 24.8 Å². The Morgan fingerprint density at radius 2 is 2.30 bits per heavy atom. The van der Waals surface area contributed by atoms with Gasteiger partial charge in [0.15, 0.2) is 11.6 Å². The van der Waals surface area contributed by atoms with Crippen LogP contribution in [0.5, 0.6) is 5.75 Å². The van der Waals surface area contributed by atoms with Crippen LogP contribution in [0.1, 0.15) is 37.1 Å². The molecule has 1 saturated carbocycles. The van der Waals surface area contributed by atoms with Gasteiger partial charge in [0.1, 0.15) is 6.26 Å². The molecule has 1 aliphatic rings. The van der Waals surface area contributed by atoms with Crippen molar-refractivity contribution in [3.05, 3.63) is 47.6 Å². The molecule has 1 N–H and O–H groups in total. The van der Waals surface area contributed by atoms with E-state index in [1.807, 2.05) is 0 Å². The van der Waals surface area contributed by atoms with Gasteiger partial charge in [0.25, 0.3) is 0 Å². The first-order valence-electron chi connectivity index (χ1n) is 7.72. The Morgan fingerprint density at radius 3 is 2.96 bits per heavy atom. The van der Waals surface area contributed by atoms with E-state index in [1.165, 1.54) is 12.3 Å². The van der Waals surface area contributed by atoms with Crippen molar-refractivity contribution in [2.75, 3.05) is 6.61 Å². The third kappa shape index (κ3) is 4.31. The molecule has 3 rings (SSSR count). The number of nitrogens with zero attached hydrogens (tertiary/aromatic N) is 1. The Bertz CT molecular complexity index is 668. The molecule has 1 atom stereocenters. The molecule has 1 amide bonds. The van der Waals surface area contributed by atoms with Crippen molar-refractivity contribution in [1.29, 1.82) is 0 Å². The molecular formula is C17H19FN2O3. The summed E-state index contributed by atoms with van der Waals surface area (Å²) in [6, 6.07) is 6.13. The number of aromatic nitrogens is 1. The van der Waals surface area contributed by atoms with Crippen LogP contribution in [0.3, 0.4) is 0 Å². The third-order valence-corrected chi connectivity index (χ3v) is 3.84. The van der Waals surface area contributed by atoms with Crippen LogP contribution in [-0.2, 0) is 11.2 Å². The van der Waals surface area contributed by atoms with Crippen molar-refractivity contribution in [1.82, 2.24) is 10.5 Å². The van der Waals surface area contributed by atoms with Gasteiger partial charge in [0.2, 0.25) is 5.91 Å². The highest BCUT2D eigenvalue weighted by atomic mass is 19.1. The lowest BCUT2D eigenvalue weighted by atomic mass is 10.1. The lowest BCUT2D eigenvalue weighted by Crippen LogP contribution is -2.28. The summed E-state index contributed by atoms with van der Waals surface area (Å²) in [7, 11) is 0. The maximum Gasteiger partial charge on any atom is 0.226 e. The maximum atomic E-state index is 14.1. The SMILES string of the molecule is C[C@@H](NC(=O)Cc1ccon1)c1ccc(OCC2CC2)c(F)c1. The molecule has 2 aromatic rings. The summed E-state index contributed by atoms with van der Waals surface area (Å²) in [6.07, 6.45) is 3.87. The van der Waals surface area contributed by atoms with Crippen LogP contribution in [0.4, 0.5) is 4.39 Å². The molecule has 0 radical (unpaired) electrons. The Hall–Kier alpha value is -2.37. The molecule has 1 aromatic heterocycles. The predicted molar refractivity (Wildman–Crippen MR) is 81.4 cm³/mol. The van der Waals surface area contributed by atoms with Gasteiger partial charge < -0.3 is 14.6 Å². The Labute approximate surface area is 133 Å². The molecule has 0 bridgehead atoms. The summed E-state index contributed by atoms with van der Waals surface area (Å²) >= 11 is 0. The van der Waals surface area contributed by atoms with Crippen molar-refractivity contribution >= 4 is 5.91 Å². The summed E-state index contributed by atoms with van der Waals surface area (Å²) in [5.74, 6) is 0.243. The third-order valence-electron chi connectivity index (χ3n) is 3.84. The minimum absolute atomic E-state index is 0.131. The molecule has 23 heavy (non-hydrogen) atoms. The number of halogens is 1. The number of benzene rings is 1. The minimum atomic E-state index is -0.402. The lowest BCUT2D eigenvalue weighted by molar-refractivity contribution is -0.121. The highest BCUT2D eigenvalue weighted by molar-refractivity contribution is 5.78. The fourth-order valence-electron chi connectivity index (χ4n) is 2.26. The molecule has 122 valence electrons. The molecule has 0 spiro atoms. The van der Waals surface area contributed by atoms with Crippen molar-refractivity contribution in [2.45, 2.75) is 32.2 Å². The van der Waals surface area contributed by atoms with E-state index in [0.717, 1.165) is 12.8 Å². The average molecular weight is 318 g/mol. The topological polar surface area (TPSA) is 64.4 Å². The first-order valence-corrected chi connectivity index (χ1v) is 7.72. The Balaban J connectivity index is 1.56. The number of ether oxygens (including phenoxy) is 1. The molecule has 5 nitrogen and oxygen atoms in total. The monoisotopic (exact) mass is 318 g/mol. The van der Waals surface area contributed by atoms with Crippen molar-refractivity contribution in [3.63, 3.8) is 0 Å². The highest BCUT2D eigenvalue weighted by Crippen LogP contribution is 2.30. The molecule has 0 saturated heterocycles. The predicted octanol–water partition coefficient (Wildman–Crippen LogP) is 3.02. The lowest BCUT2D eigenvalue weighted by Gasteiger charge is -2.15. The van der Waals surface area contributed by atoms with Gasteiger partial charge in [-0.25, -0.2) is 4.39 Å². The van der Waals surface area contributed by atoms with E-state index in [2.05, 4.69) is 15.0 Å². The van der Waals surface area contributed by atoms with Crippen LogP contribution in [-0.4, -0.2) is 17.7 Å². The Morgan fingerprint density at radius 1 is 1.48 bits per heavy atom. The largest absolute Gasteiger partial charge is 0.490 e. The maximum absolute atomic E-state index is 14.1. The summed E-state index contributed by atoms with van der Waals surface area (Å²) in [4.78, 5) is 11.9. The summed E-state index contributed by atoms with van der Waals surface area (Å²) in [6.45, 7) is 2.38. The number of hydrogen-bond acceptors (Lipinski definition) is 4. The quantitative estimate of drug-likeness (QED) is 0.852. The number of hydrogen-bond donors (Lipinski definition) is 1. The molecule has 1 fully saturated rings. The van der Waals surface area contributed by atoms with E-state index >= 15 is 0 Å². The fourth-order valence-corrected chi connectivity index (χ4v) is 2.26. The molecule has 1 aliphatic carbocycles. The fraction of sp³-hybridized carbons (Fsp3) is 0.412. The van der Waals surface area contributed by atoms with Crippen molar-refractivity contribution in [2.24, 2.45) is 5.92 Å². The molecule has 1 heterocycles. The van der Waals surface area contributed by atoms with E-state index in [-0.39, 0.29) is 24.1 Å². The second-order valence-electron chi connectivity index (χ2n) is 5.90. The number of nitrogens with one attached hydrogen (secondary N) is 1. The zero-order chi connectivity index (χ0) is 16.2. The normalized spacial score (nSPS) is 15.2. The minimum Gasteiger partial charge on any atom is -0.490 e. The van der Waals surface area contributed by atoms with Crippen LogP contribution in [0.2, 0.25) is 0 Å². The number of amides is 1. The van der Waals surface area contributed by atoms with Crippen LogP contribution in [0, 0.1) is 11.7 Å². The van der Waals surface area contributed by atoms with Crippen LogP contribution < -0.4 is 10.1 Å². The van der Waals surface area contributed by atoms with Crippen molar-refractivity contribution < 1.29 is 18.4 Å². The zero-order valence-corrected chi connectivity index (χ0v) is 12.9. The van der Waals surface area contributed by atoms with Crippen LogP contribution >= 0.6 is 0 Å². The number of carbonyl (C=O) groups excluding carboxylic acids is 1. The molecular weight excluding hydrogens is 299 g/mol. The van der Waals surface area contributed by atoms with Gasteiger partial charge in [-0.2, -0.15) is 0 Å². The van der Waals surface area contributed by atoms with E-state index in [1.54, 1.807) is 25.1 Å². The molecule has 0 unspecified atom stereocenters. The second kappa shape index (κ2) is 6.81.